The van der Waals surface area contributed by atoms with E-state index in [4.69, 9.17) is 4.74 Å². The molecule has 0 spiro atoms. The van der Waals surface area contributed by atoms with E-state index in [0.717, 1.165) is 32.7 Å². The van der Waals surface area contributed by atoms with Crippen molar-refractivity contribution in [1.29, 1.82) is 0 Å². The maximum atomic E-state index is 5.81. The molecule has 0 bridgehead atoms. The van der Waals surface area contributed by atoms with Gasteiger partial charge >= 0.3 is 0 Å². The highest BCUT2D eigenvalue weighted by Gasteiger charge is 2.35. The van der Waals surface area contributed by atoms with E-state index in [0.29, 0.717) is 12.0 Å². The summed E-state index contributed by atoms with van der Waals surface area (Å²) in [4.78, 5) is 4.40. The Morgan fingerprint density at radius 3 is 3.21 bits per heavy atom. The van der Waals surface area contributed by atoms with Crippen LogP contribution in [0, 0.1) is 5.92 Å². The first kappa shape index (κ1) is 13.1. The molecular formula is C15H25N3O. The largest absolute Gasteiger partial charge is 0.378 e. The molecule has 3 rings (SSSR count). The van der Waals surface area contributed by atoms with E-state index in [2.05, 4.69) is 34.9 Å². The van der Waals surface area contributed by atoms with E-state index in [1.807, 2.05) is 6.33 Å². The highest BCUT2D eigenvalue weighted by atomic mass is 16.5. The van der Waals surface area contributed by atoms with Gasteiger partial charge in [0, 0.05) is 42.9 Å². The van der Waals surface area contributed by atoms with Gasteiger partial charge in [-0.3, -0.25) is 0 Å². The van der Waals surface area contributed by atoms with Gasteiger partial charge in [0.25, 0.3) is 0 Å². The van der Waals surface area contributed by atoms with Gasteiger partial charge in [0.05, 0.1) is 12.4 Å². The van der Waals surface area contributed by atoms with Crippen LogP contribution < -0.4 is 5.32 Å². The lowest BCUT2D eigenvalue weighted by Gasteiger charge is -2.26. The standard InChI is InChI=1S/C15H25N3O/c1-3-13-12(4-7-19-13)9-18-11-17-8-14(18)15(2)5-6-16-10-15/h8,11-13,16H,3-7,9-10H2,1-2H3. The first-order chi connectivity index (χ1) is 9.23. The molecule has 1 aromatic heterocycles. The number of nitrogens with one attached hydrogen (secondary N) is 1. The van der Waals surface area contributed by atoms with E-state index in [-0.39, 0.29) is 5.41 Å². The summed E-state index contributed by atoms with van der Waals surface area (Å²) in [5, 5.41) is 3.48. The van der Waals surface area contributed by atoms with Crippen LogP contribution in [-0.2, 0) is 16.7 Å². The molecule has 2 aliphatic heterocycles. The molecule has 2 saturated heterocycles. The second-order valence-electron chi connectivity index (χ2n) is 6.28. The highest BCUT2D eigenvalue weighted by molar-refractivity contribution is 5.17. The Balaban J connectivity index is 1.77. The third kappa shape index (κ3) is 2.43. The van der Waals surface area contributed by atoms with Crippen molar-refractivity contribution < 1.29 is 4.74 Å². The summed E-state index contributed by atoms with van der Waals surface area (Å²) in [5.41, 5.74) is 1.64. The zero-order valence-corrected chi connectivity index (χ0v) is 12.1. The van der Waals surface area contributed by atoms with E-state index >= 15 is 0 Å². The fraction of sp³-hybridized carbons (Fsp3) is 0.800. The molecule has 0 saturated carbocycles. The van der Waals surface area contributed by atoms with E-state index < -0.39 is 0 Å². The molecule has 0 aromatic carbocycles. The van der Waals surface area contributed by atoms with Gasteiger partial charge < -0.3 is 14.6 Å². The smallest absolute Gasteiger partial charge is 0.0948 e. The van der Waals surface area contributed by atoms with Crippen LogP contribution in [0.15, 0.2) is 12.5 Å². The summed E-state index contributed by atoms with van der Waals surface area (Å²) in [6.07, 6.45) is 8.01. The average Bonchev–Trinajstić information content (AvgIpc) is 3.10. The normalized spacial score (nSPS) is 35.1. The van der Waals surface area contributed by atoms with Gasteiger partial charge in [0.15, 0.2) is 0 Å². The second-order valence-corrected chi connectivity index (χ2v) is 6.28. The number of hydrogen-bond donors (Lipinski definition) is 1. The minimum atomic E-state index is 0.248. The molecule has 3 atom stereocenters. The predicted molar refractivity (Wildman–Crippen MR) is 75.2 cm³/mol. The number of nitrogens with zero attached hydrogens (tertiary/aromatic N) is 2. The summed E-state index contributed by atoms with van der Waals surface area (Å²) in [5.74, 6) is 0.649. The number of aromatic nitrogens is 2. The molecule has 4 nitrogen and oxygen atoms in total. The summed E-state index contributed by atoms with van der Waals surface area (Å²) < 4.78 is 8.18. The Hall–Kier alpha value is -0.870. The zero-order valence-electron chi connectivity index (χ0n) is 12.1. The predicted octanol–water partition coefficient (Wildman–Crippen LogP) is 1.95. The van der Waals surface area contributed by atoms with Crippen molar-refractivity contribution in [3.05, 3.63) is 18.2 Å². The molecule has 0 radical (unpaired) electrons. The van der Waals surface area contributed by atoms with Crippen LogP contribution in [0.3, 0.4) is 0 Å². The summed E-state index contributed by atoms with van der Waals surface area (Å²) in [7, 11) is 0. The van der Waals surface area contributed by atoms with Crippen LogP contribution in [0.5, 0.6) is 0 Å². The van der Waals surface area contributed by atoms with E-state index in [1.165, 1.54) is 18.5 Å². The number of ether oxygens (including phenoxy) is 1. The van der Waals surface area contributed by atoms with Crippen molar-refractivity contribution in [3.8, 4) is 0 Å². The van der Waals surface area contributed by atoms with Crippen molar-refractivity contribution in [2.75, 3.05) is 19.7 Å². The van der Waals surface area contributed by atoms with Gasteiger partial charge in [-0.1, -0.05) is 13.8 Å². The first-order valence-corrected chi connectivity index (χ1v) is 7.56. The van der Waals surface area contributed by atoms with E-state index in [1.54, 1.807) is 0 Å². The van der Waals surface area contributed by atoms with Crippen LogP contribution in [-0.4, -0.2) is 35.4 Å². The van der Waals surface area contributed by atoms with Gasteiger partial charge in [-0.25, -0.2) is 4.98 Å². The SMILES string of the molecule is CCC1OCCC1Cn1cncc1C1(C)CCNC1. The number of hydrogen-bond acceptors (Lipinski definition) is 3. The summed E-state index contributed by atoms with van der Waals surface area (Å²) in [6.45, 7) is 8.74. The fourth-order valence-corrected chi connectivity index (χ4v) is 3.61. The monoisotopic (exact) mass is 263 g/mol. The fourth-order valence-electron chi connectivity index (χ4n) is 3.61. The van der Waals surface area contributed by atoms with Crippen molar-refractivity contribution in [2.45, 2.75) is 51.2 Å². The molecule has 0 aliphatic carbocycles. The summed E-state index contributed by atoms with van der Waals surface area (Å²) >= 11 is 0. The van der Waals surface area contributed by atoms with Crippen molar-refractivity contribution >= 4 is 0 Å². The Morgan fingerprint density at radius 2 is 2.47 bits per heavy atom. The van der Waals surface area contributed by atoms with Crippen molar-refractivity contribution in [3.63, 3.8) is 0 Å². The Labute approximate surface area is 115 Å². The molecule has 19 heavy (non-hydrogen) atoms. The van der Waals surface area contributed by atoms with Gasteiger partial charge in [-0.05, 0) is 25.8 Å². The topological polar surface area (TPSA) is 39.1 Å². The van der Waals surface area contributed by atoms with Gasteiger partial charge in [-0.15, -0.1) is 0 Å². The van der Waals surface area contributed by atoms with Crippen molar-refractivity contribution in [1.82, 2.24) is 14.9 Å². The molecule has 2 fully saturated rings. The molecular weight excluding hydrogens is 238 g/mol. The Kier molecular flexibility index (Phi) is 3.63. The van der Waals surface area contributed by atoms with Gasteiger partial charge in [0.1, 0.15) is 0 Å². The van der Waals surface area contributed by atoms with Crippen LogP contribution in [0.2, 0.25) is 0 Å². The minimum absolute atomic E-state index is 0.248. The third-order valence-electron chi connectivity index (χ3n) is 4.88. The molecule has 106 valence electrons. The molecule has 0 amide bonds. The molecule has 4 heteroatoms. The maximum Gasteiger partial charge on any atom is 0.0948 e. The lowest BCUT2D eigenvalue weighted by atomic mass is 9.86. The van der Waals surface area contributed by atoms with E-state index in [9.17, 15) is 0 Å². The summed E-state index contributed by atoms with van der Waals surface area (Å²) in [6, 6.07) is 0. The van der Waals surface area contributed by atoms with Crippen LogP contribution in [0.25, 0.3) is 0 Å². The molecule has 2 aliphatic rings. The number of rotatable bonds is 4. The molecule has 3 heterocycles. The molecule has 3 unspecified atom stereocenters. The Morgan fingerprint density at radius 1 is 1.58 bits per heavy atom. The lowest BCUT2D eigenvalue weighted by Crippen LogP contribution is -2.30. The average molecular weight is 263 g/mol. The molecule has 1 N–H and O–H groups in total. The third-order valence-corrected chi connectivity index (χ3v) is 4.88. The van der Waals surface area contributed by atoms with Crippen LogP contribution in [0.1, 0.15) is 38.8 Å². The Bertz CT molecular complexity index is 423. The highest BCUT2D eigenvalue weighted by Crippen LogP contribution is 2.32. The first-order valence-electron chi connectivity index (χ1n) is 7.56. The molecule has 1 aromatic rings. The lowest BCUT2D eigenvalue weighted by molar-refractivity contribution is 0.0830. The minimum Gasteiger partial charge on any atom is -0.378 e. The van der Waals surface area contributed by atoms with Crippen LogP contribution >= 0.6 is 0 Å². The second kappa shape index (κ2) is 5.25. The van der Waals surface area contributed by atoms with Crippen molar-refractivity contribution in [2.24, 2.45) is 5.92 Å². The zero-order chi connectivity index (χ0) is 13.3. The maximum absolute atomic E-state index is 5.81. The van der Waals surface area contributed by atoms with Crippen LogP contribution in [0.4, 0.5) is 0 Å². The van der Waals surface area contributed by atoms with Gasteiger partial charge in [0.2, 0.25) is 0 Å². The van der Waals surface area contributed by atoms with Gasteiger partial charge in [-0.2, -0.15) is 0 Å². The number of imidazole rings is 1. The quantitative estimate of drug-likeness (QED) is 0.902.